The Balaban J connectivity index is 1.85. The van der Waals surface area contributed by atoms with Crippen molar-refractivity contribution in [2.45, 2.75) is 40.2 Å². The van der Waals surface area contributed by atoms with Crippen LogP contribution < -0.4 is 15.1 Å². The van der Waals surface area contributed by atoms with Crippen molar-refractivity contribution >= 4 is 28.2 Å². The van der Waals surface area contributed by atoms with E-state index in [0.717, 1.165) is 5.69 Å². The van der Waals surface area contributed by atoms with Gasteiger partial charge in [0.2, 0.25) is 0 Å². The quantitative estimate of drug-likeness (QED) is 0.493. The average Bonchev–Trinajstić information content (AvgIpc) is 2.84. The Morgan fingerprint density at radius 1 is 1.17 bits per heavy atom. The Bertz CT molecular complexity index is 1330. The van der Waals surface area contributed by atoms with E-state index in [1.807, 2.05) is 37.5 Å². The predicted octanol–water partition coefficient (Wildman–Crippen LogP) is 5.12. The van der Waals surface area contributed by atoms with Crippen molar-refractivity contribution in [3.05, 3.63) is 68.2 Å². The molecule has 6 nitrogen and oxygen atoms in total. The minimum Gasteiger partial charge on any atom is -0.496 e. The van der Waals surface area contributed by atoms with Gasteiger partial charge in [-0.05, 0) is 41.7 Å². The lowest BCUT2D eigenvalue weighted by molar-refractivity contribution is 0.122. The maximum atomic E-state index is 15.2. The van der Waals surface area contributed by atoms with Crippen LogP contribution in [0.5, 0.6) is 5.75 Å². The molecule has 3 aromatic rings. The van der Waals surface area contributed by atoms with Gasteiger partial charge in [0.15, 0.2) is 5.43 Å². The Morgan fingerprint density at radius 2 is 1.86 bits per heavy atom. The fourth-order valence-corrected chi connectivity index (χ4v) is 5.12. The number of aromatic nitrogens is 1. The normalized spacial score (nSPS) is 15.4. The van der Waals surface area contributed by atoms with E-state index in [1.165, 1.54) is 0 Å². The first-order valence-electron chi connectivity index (χ1n) is 12.2. The highest BCUT2D eigenvalue weighted by atomic mass is 35.5. The molecule has 2 heterocycles. The lowest BCUT2D eigenvalue weighted by Gasteiger charge is -2.33. The van der Waals surface area contributed by atoms with Crippen LogP contribution in [0.1, 0.15) is 43.5 Å². The summed E-state index contributed by atoms with van der Waals surface area (Å²) in [5.41, 5.74) is 2.84. The lowest BCUT2D eigenvalue weighted by atomic mass is 9.86. The smallest absolute Gasteiger partial charge is 0.192 e. The number of morpholine rings is 1. The molecule has 1 atom stereocenters. The van der Waals surface area contributed by atoms with Crippen molar-refractivity contribution in [3.63, 3.8) is 0 Å². The Morgan fingerprint density at radius 3 is 2.47 bits per heavy atom. The van der Waals surface area contributed by atoms with Gasteiger partial charge < -0.3 is 24.0 Å². The zero-order valence-electron chi connectivity index (χ0n) is 21.5. The number of hydrogen-bond acceptors (Lipinski definition) is 5. The summed E-state index contributed by atoms with van der Waals surface area (Å²) in [6.07, 6.45) is 2.00. The third-order valence-electron chi connectivity index (χ3n) is 6.97. The molecule has 0 unspecified atom stereocenters. The Kier molecular flexibility index (Phi) is 7.64. The van der Waals surface area contributed by atoms with Gasteiger partial charge in [-0.1, -0.05) is 32.4 Å². The first-order valence-corrected chi connectivity index (χ1v) is 12.6. The van der Waals surface area contributed by atoms with Gasteiger partial charge in [-0.25, -0.2) is 4.39 Å². The summed E-state index contributed by atoms with van der Waals surface area (Å²) in [5, 5.41) is 10.8. The molecular weight excluding hydrogens is 483 g/mol. The molecule has 0 radical (unpaired) electrons. The van der Waals surface area contributed by atoms with E-state index in [-0.39, 0.29) is 34.9 Å². The van der Waals surface area contributed by atoms with Gasteiger partial charge >= 0.3 is 0 Å². The largest absolute Gasteiger partial charge is 0.496 e. The molecule has 1 aliphatic heterocycles. The van der Waals surface area contributed by atoms with Crippen LogP contribution in [0, 0.1) is 18.2 Å². The number of rotatable bonds is 6. The summed E-state index contributed by atoms with van der Waals surface area (Å²) >= 11 is 6.29. The van der Waals surface area contributed by atoms with Gasteiger partial charge in [0.25, 0.3) is 0 Å². The molecule has 1 N–H and O–H groups in total. The zero-order chi connectivity index (χ0) is 26.2. The third kappa shape index (κ3) is 5.10. The first-order chi connectivity index (χ1) is 17.0. The minimum absolute atomic E-state index is 0.0583. The lowest BCUT2D eigenvalue weighted by Crippen LogP contribution is -2.36. The number of pyridine rings is 1. The van der Waals surface area contributed by atoms with Crippen LogP contribution in [-0.4, -0.2) is 49.7 Å². The minimum atomic E-state index is -0.481. The standard InChI is InChI=1S/C28H34ClFN2O4/c1-17-15-32(25(16-33)28(2,3)4)23-14-24(35-5)18(12-21(23)27(17)34)10-19-11-20(13-22(29)26(19)30)31-6-8-36-9-7-31/h11-15,25,33H,6-10,16H2,1-5H3/t25-/m1/s1. The molecule has 0 amide bonds. The van der Waals surface area contributed by atoms with Crippen LogP contribution in [0.25, 0.3) is 10.9 Å². The number of fused-ring (bicyclic) bond motifs is 1. The average molecular weight is 517 g/mol. The van der Waals surface area contributed by atoms with Gasteiger partial charge in [-0.15, -0.1) is 0 Å². The van der Waals surface area contributed by atoms with Gasteiger partial charge in [0.1, 0.15) is 11.6 Å². The summed E-state index contributed by atoms with van der Waals surface area (Å²) in [7, 11) is 1.56. The second kappa shape index (κ2) is 10.4. The first kappa shape index (κ1) is 26.5. The van der Waals surface area contributed by atoms with E-state index in [0.29, 0.717) is 59.6 Å². The fourth-order valence-electron chi connectivity index (χ4n) is 4.89. The van der Waals surface area contributed by atoms with E-state index in [2.05, 4.69) is 4.90 Å². The SMILES string of the molecule is COc1cc2c(cc1Cc1cc(N3CCOCC3)cc(Cl)c1F)c(=O)c(C)cn2[C@H](CO)C(C)(C)C. The summed E-state index contributed by atoms with van der Waals surface area (Å²) in [6, 6.07) is 6.80. The number of anilines is 1. The highest BCUT2D eigenvalue weighted by Gasteiger charge is 2.27. The number of methoxy groups -OCH3 is 1. The monoisotopic (exact) mass is 516 g/mol. The molecule has 1 fully saturated rings. The molecule has 194 valence electrons. The number of hydrogen-bond donors (Lipinski definition) is 1. The number of halogens is 2. The van der Waals surface area contributed by atoms with Crippen LogP contribution in [0.3, 0.4) is 0 Å². The van der Waals surface area contributed by atoms with Crippen LogP contribution in [0.4, 0.5) is 10.1 Å². The van der Waals surface area contributed by atoms with Crippen molar-refractivity contribution in [3.8, 4) is 5.75 Å². The summed E-state index contributed by atoms with van der Waals surface area (Å²) < 4.78 is 28.3. The molecule has 2 aromatic carbocycles. The van der Waals surface area contributed by atoms with Crippen LogP contribution in [0.15, 0.2) is 35.3 Å². The Hall–Kier alpha value is -2.61. The summed E-state index contributed by atoms with van der Waals surface area (Å²) in [5.74, 6) is 0.0583. The van der Waals surface area contributed by atoms with Crippen molar-refractivity contribution in [1.82, 2.24) is 4.57 Å². The van der Waals surface area contributed by atoms with E-state index >= 15 is 4.39 Å². The molecular formula is C28H34ClFN2O4. The second-order valence-electron chi connectivity index (χ2n) is 10.5. The topological polar surface area (TPSA) is 63.9 Å². The highest BCUT2D eigenvalue weighted by Crippen LogP contribution is 2.36. The predicted molar refractivity (Wildman–Crippen MR) is 142 cm³/mol. The maximum absolute atomic E-state index is 15.2. The molecule has 0 bridgehead atoms. The van der Waals surface area contributed by atoms with Crippen molar-refractivity contribution in [2.75, 3.05) is 44.9 Å². The van der Waals surface area contributed by atoms with Gasteiger partial charge in [-0.2, -0.15) is 0 Å². The third-order valence-corrected chi connectivity index (χ3v) is 7.24. The highest BCUT2D eigenvalue weighted by molar-refractivity contribution is 6.31. The number of benzene rings is 2. The van der Waals surface area contributed by atoms with Crippen molar-refractivity contribution < 1.29 is 19.0 Å². The van der Waals surface area contributed by atoms with Gasteiger partial charge in [0, 0.05) is 48.4 Å². The van der Waals surface area contributed by atoms with Crippen LogP contribution in [0.2, 0.25) is 5.02 Å². The molecule has 8 heteroatoms. The van der Waals surface area contributed by atoms with Crippen molar-refractivity contribution in [1.29, 1.82) is 0 Å². The molecule has 0 spiro atoms. The molecule has 1 aromatic heterocycles. The number of ether oxygens (including phenoxy) is 2. The molecule has 4 rings (SSSR count). The number of nitrogens with zero attached hydrogens (tertiary/aromatic N) is 2. The van der Waals surface area contributed by atoms with Gasteiger partial charge in [-0.3, -0.25) is 4.79 Å². The van der Waals surface area contributed by atoms with Crippen LogP contribution in [-0.2, 0) is 11.2 Å². The summed E-state index contributed by atoms with van der Waals surface area (Å²) in [6.45, 7) is 10.5. The number of aryl methyl sites for hydroxylation is 1. The number of aliphatic hydroxyl groups is 1. The molecule has 0 saturated carbocycles. The fraction of sp³-hybridized carbons (Fsp3) is 0.464. The summed E-state index contributed by atoms with van der Waals surface area (Å²) in [4.78, 5) is 15.3. The molecule has 1 aliphatic rings. The van der Waals surface area contributed by atoms with Crippen LogP contribution >= 0.6 is 11.6 Å². The van der Waals surface area contributed by atoms with E-state index < -0.39 is 5.82 Å². The zero-order valence-corrected chi connectivity index (χ0v) is 22.3. The molecule has 0 aliphatic carbocycles. The molecule has 36 heavy (non-hydrogen) atoms. The molecule has 1 saturated heterocycles. The second-order valence-corrected chi connectivity index (χ2v) is 10.9. The van der Waals surface area contributed by atoms with E-state index in [4.69, 9.17) is 21.1 Å². The van der Waals surface area contributed by atoms with Gasteiger partial charge in [0.05, 0.1) is 43.5 Å². The maximum Gasteiger partial charge on any atom is 0.192 e. The van der Waals surface area contributed by atoms with E-state index in [1.54, 1.807) is 32.4 Å². The Labute approximate surface area is 216 Å². The van der Waals surface area contributed by atoms with E-state index in [9.17, 15) is 9.90 Å². The van der Waals surface area contributed by atoms with Crippen molar-refractivity contribution in [2.24, 2.45) is 5.41 Å². The number of aliphatic hydroxyl groups excluding tert-OH is 1.